The summed E-state index contributed by atoms with van der Waals surface area (Å²) in [5, 5.41) is 0. The van der Waals surface area contributed by atoms with Gasteiger partial charge in [-0.3, -0.25) is 4.98 Å². The summed E-state index contributed by atoms with van der Waals surface area (Å²) in [4.78, 5) is 4.30. The van der Waals surface area contributed by atoms with E-state index in [0.29, 0.717) is 6.61 Å². The maximum atomic E-state index is 5.91. The van der Waals surface area contributed by atoms with Crippen molar-refractivity contribution >= 4 is 31.9 Å². The van der Waals surface area contributed by atoms with Crippen LogP contribution in [0.3, 0.4) is 0 Å². The molecule has 3 nitrogen and oxygen atoms in total. The molecule has 106 valence electrons. The molecular weight excluding hydrogens is 384 g/mol. The quantitative estimate of drug-likeness (QED) is 0.823. The van der Waals surface area contributed by atoms with Gasteiger partial charge in [-0.25, -0.2) is 0 Å². The molecule has 0 saturated heterocycles. The van der Waals surface area contributed by atoms with Crippen molar-refractivity contribution in [2.24, 2.45) is 5.73 Å². The number of ether oxygens (including phenoxy) is 1. The Hall–Kier alpha value is -0.910. The maximum Gasteiger partial charge on any atom is 0.137 e. The fraction of sp³-hybridized carbons (Fsp3) is 0.267. The number of halogens is 2. The molecule has 2 N–H and O–H groups in total. The molecule has 0 saturated carbocycles. The van der Waals surface area contributed by atoms with E-state index in [-0.39, 0.29) is 6.04 Å². The number of rotatable bonds is 5. The Kier molecular flexibility index (Phi) is 5.57. The molecule has 1 aromatic carbocycles. The Morgan fingerprint density at radius 2 is 2.05 bits per heavy atom. The molecule has 0 aliphatic carbocycles. The van der Waals surface area contributed by atoms with Gasteiger partial charge in [0.05, 0.1) is 10.2 Å². The highest BCUT2D eigenvalue weighted by Crippen LogP contribution is 2.30. The van der Waals surface area contributed by atoms with Crippen LogP contribution in [0.1, 0.15) is 18.2 Å². The second-order valence-electron chi connectivity index (χ2n) is 4.67. The van der Waals surface area contributed by atoms with E-state index in [1.165, 1.54) is 0 Å². The highest BCUT2D eigenvalue weighted by Gasteiger charge is 2.10. The zero-order chi connectivity index (χ0) is 14.5. The first-order valence-corrected chi connectivity index (χ1v) is 7.91. The van der Waals surface area contributed by atoms with E-state index in [1.807, 2.05) is 37.3 Å². The number of nitrogens with zero attached hydrogens (tertiary/aromatic N) is 1. The summed E-state index contributed by atoms with van der Waals surface area (Å²) >= 11 is 6.90. The van der Waals surface area contributed by atoms with Crippen LogP contribution in [-0.2, 0) is 13.0 Å². The van der Waals surface area contributed by atoms with Crippen molar-refractivity contribution in [1.29, 1.82) is 0 Å². The summed E-state index contributed by atoms with van der Waals surface area (Å²) in [5.41, 5.74) is 7.87. The Morgan fingerprint density at radius 1 is 1.25 bits per heavy atom. The topological polar surface area (TPSA) is 48.1 Å². The van der Waals surface area contributed by atoms with Gasteiger partial charge in [0.25, 0.3) is 0 Å². The van der Waals surface area contributed by atoms with Crippen molar-refractivity contribution in [2.45, 2.75) is 26.0 Å². The number of nitrogens with two attached hydrogens (primary N) is 1. The minimum atomic E-state index is 0.0949. The summed E-state index contributed by atoms with van der Waals surface area (Å²) in [6.07, 6.45) is 2.55. The normalized spacial score (nSPS) is 12.2. The third kappa shape index (κ3) is 4.30. The predicted molar refractivity (Wildman–Crippen MR) is 87.8 cm³/mol. The van der Waals surface area contributed by atoms with E-state index >= 15 is 0 Å². The van der Waals surface area contributed by atoms with E-state index in [0.717, 1.165) is 32.4 Å². The standard InChI is InChI=1S/C15H16Br2N2O/c1-10(18)7-11-3-2-4-14(17)15(11)20-9-13-6-5-12(16)8-19-13/h2-6,8,10H,7,9,18H2,1H3. The molecule has 0 amide bonds. The van der Waals surface area contributed by atoms with Gasteiger partial charge < -0.3 is 10.5 Å². The molecular formula is C15H16Br2N2O. The van der Waals surface area contributed by atoms with Gasteiger partial charge in [0, 0.05) is 16.7 Å². The molecule has 0 fully saturated rings. The molecule has 2 rings (SSSR count). The second kappa shape index (κ2) is 7.20. The van der Waals surface area contributed by atoms with Gasteiger partial charge in [-0.15, -0.1) is 0 Å². The van der Waals surface area contributed by atoms with Gasteiger partial charge in [-0.05, 0) is 69.0 Å². The van der Waals surface area contributed by atoms with Crippen LogP contribution in [0, 0.1) is 0 Å². The van der Waals surface area contributed by atoms with Crippen LogP contribution in [0.4, 0.5) is 0 Å². The molecule has 2 aromatic rings. The van der Waals surface area contributed by atoms with Gasteiger partial charge in [-0.1, -0.05) is 12.1 Å². The summed E-state index contributed by atoms with van der Waals surface area (Å²) in [7, 11) is 0. The first kappa shape index (κ1) is 15.5. The van der Waals surface area contributed by atoms with Gasteiger partial charge in [0.15, 0.2) is 0 Å². The largest absolute Gasteiger partial charge is 0.486 e. The lowest BCUT2D eigenvalue weighted by molar-refractivity contribution is 0.295. The monoisotopic (exact) mass is 398 g/mol. The third-order valence-corrected chi connectivity index (χ3v) is 3.84. The molecule has 0 aliphatic heterocycles. The SMILES string of the molecule is CC(N)Cc1cccc(Br)c1OCc1ccc(Br)cn1. The lowest BCUT2D eigenvalue weighted by Gasteiger charge is -2.14. The Morgan fingerprint density at radius 3 is 2.70 bits per heavy atom. The van der Waals surface area contributed by atoms with Crippen molar-refractivity contribution < 1.29 is 4.74 Å². The highest BCUT2D eigenvalue weighted by atomic mass is 79.9. The molecule has 1 aromatic heterocycles. The Balaban J connectivity index is 2.13. The maximum absolute atomic E-state index is 5.91. The first-order valence-electron chi connectivity index (χ1n) is 6.32. The highest BCUT2D eigenvalue weighted by molar-refractivity contribution is 9.10. The van der Waals surface area contributed by atoms with Crippen LogP contribution in [0.15, 0.2) is 45.5 Å². The van der Waals surface area contributed by atoms with Crippen molar-refractivity contribution in [2.75, 3.05) is 0 Å². The third-order valence-electron chi connectivity index (χ3n) is 2.74. The van der Waals surface area contributed by atoms with Crippen LogP contribution in [0.25, 0.3) is 0 Å². The fourth-order valence-corrected chi connectivity index (χ4v) is 2.62. The van der Waals surface area contributed by atoms with E-state index in [9.17, 15) is 0 Å². The van der Waals surface area contributed by atoms with Crippen LogP contribution >= 0.6 is 31.9 Å². The number of para-hydroxylation sites is 1. The second-order valence-corrected chi connectivity index (χ2v) is 6.44. The van der Waals surface area contributed by atoms with Crippen LogP contribution in [-0.4, -0.2) is 11.0 Å². The number of aromatic nitrogens is 1. The molecule has 0 aliphatic rings. The van der Waals surface area contributed by atoms with Gasteiger partial charge >= 0.3 is 0 Å². The summed E-state index contributed by atoms with van der Waals surface area (Å²) < 4.78 is 7.81. The number of hydrogen-bond donors (Lipinski definition) is 1. The molecule has 0 bridgehead atoms. The van der Waals surface area contributed by atoms with Crippen molar-refractivity contribution in [1.82, 2.24) is 4.98 Å². The van der Waals surface area contributed by atoms with Crippen molar-refractivity contribution in [3.63, 3.8) is 0 Å². The first-order chi connectivity index (χ1) is 9.56. The average Bonchev–Trinajstić information content (AvgIpc) is 2.39. The summed E-state index contributed by atoms with van der Waals surface area (Å²) in [6, 6.07) is 9.98. The van der Waals surface area contributed by atoms with Crippen LogP contribution in [0.2, 0.25) is 0 Å². The molecule has 5 heteroatoms. The Labute approximate surface area is 135 Å². The lowest BCUT2D eigenvalue weighted by atomic mass is 10.1. The fourth-order valence-electron chi connectivity index (χ4n) is 1.86. The van der Waals surface area contributed by atoms with Crippen molar-refractivity contribution in [3.8, 4) is 5.75 Å². The Bertz CT molecular complexity index is 571. The van der Waals surface area contributed by atoms with Gasteiger partial charge in [-0.2, -0.15) is 0 Å². The summed E-state index contributed by atoms with van der Waals surface area (Å²) in [5.74, 6) is 0.842. The zero-order valence-electron chi connectivity index (χ0n) is 11.1. The van der Waals surface area contributed by atoms with E-state index < -0.39 is 0 Å². The number of pyridine rings is 1. The zero-order valence-corrected chi connectivity index (χ0v) is 14.3. The van der Waals surface area contributed by atoms with Gasteiger partial charge in [0.1, 0.15) is 12.4 Å². The molecule has 1 unspecified atom stereocenters. The molecule has 1 atom stereocenters. The van der Waals surface area contributed by atoms with Crippen LogP contribution < -0.4 is 10.5 Å². The van der Waals surface area contributed by atoms with Gasteiger partial charge in [0.2, 0.25) is 0 Å². The minimum Gasteiger partial charge on any atom is -0.486 e. The van der Waals surface area contributed by atoms with E-state index in [1.54, 1.807) is 6.20 Å². The smallest absolute Gasteiger partial charge is 0.137 e. The summed E-state index contributed by atoms with van der Waals surface area (Å²) in [6.45, 7) is 2.42. The average molecular weight is 400 g/mol. The molecule has 1 heterocycles. The molecule has 20 heavy (non-hydrogen) atoms. The van der Waals surface area contributed by atoms with E-state index in [2.05, 4.69) is 36.8 Å². The van der Waals surface area contributed by atoms with Crippen molar-refractivity contribution in [3.05, 3.63) is 56.7 Å². The molecule has 0 radical (unpaired) electrons. The lowest BCUT2D eigenvalue weighted by Crippen LogP contribution is -2.18. The number of hydrogen-bond acceptors (Lipinski definition) is 3. The minimum absolute atomic E-state index is 0.0949. The molecule has 0 spiro atoms. The predicted octanol–water partition coefficient (Wildman–Crippen LogP) is 4.08. The number of benzene rings is 1. The van der Waals surface area contributed by atoms with E-state index in [4.69, 9.17) is 10.5 Å². The van der Waals surface area contributed by atoms with Crippen LogP contribution in [0.5, 0.6) is 5.75 Å².